The molecule has 3 amide bonds. The molecule has 6 nitrogen and oxygen atoms in total. The lowest BCUT2D eigenvalue weighted by Crippen LogP contribution is -2.49. The maximum atomic E-state index is 12.6. The second-order valence-electron chi connectivity index (χ2n) is 6.51. The zero-order chi connectivity index (χ0) is 19.9. The van der Waals surface area contributed by atoms with Gasteiger partial charge in [0.1, 0.15) is 0 Å². The molecule has 2 aromatic carbocycles. The van der Waals surface area contributed by atoms with E-state index in [-0.39, 0.29) is 18.5 Å². The number of amides is 3. The number of halogens is 2. The Morgan fingerprint density at radius 1 is 0.857 bits per heavy atom. The number of piperazine rings is 1. The van der Waals surface area contributed by atoms with Crippen molar-refractivity contribution in [2.24, 2.45) is 0 Å². The van der Waals surface area contributed by atoms with E-state index in [0.29, 0.717) is 43.1 Å². The first kappa shape index (κ1) is 19.8. The van der Waals surface area contributed by atoms with E-state index < -0.39 is 6.43 Å². The lowest BCUT2D eigenvalue weighted by atomic mass is 10.1. The van der Waals surface area contributed by atoms with Gasteiger partial charge in [0.15, 0.2) is 0 Å². The molecule has 0 aliphatic carbocycles. The van der Waals surface area contributed by atoms with Crippen molar-refractivity contribution in [3.8, 4) is 0 Å². The van der Waals surface area contributed by atoms with Gasteiger partial charge in [0.05, 0.1) is 6.54 Å². The average Bonchev–Trinajstić information content (AvgIpc) is 2.69. The number of alkyl halides is 2. The maximum absolute atomic E-state index is 12.6. The van der Waals surface area contributed by atoms with Crippen LogP contribution in [0.25, 0.3) is 0 Å². The number of carbonyl (C=O) groups excluding carboxylic acids is 2. The molecule has 0 atom stereocenters. The fourth-order valence-corrected chi connectivity index (χ4v) is 3.02. The predicted octanol–water partition coefficient (Wildman–Crippen LogP) is 3.35. The fourth-order valence-electron chi connectivity index (χ4n) is 3.02. The summed E-state index contributed by atoms with van der Waals surface area (Å²) in [5.41, 5.74) is 1.74. The van der Waals surface area contributed by atoms with Gasteiger partial charge in [-0.25, -0.2) is 13.6 Å². The molecule has 1 saturated heterocycles. The highest BCUT2D eigenvalue weighted by atomic mass is 19.3. The van der Waals surface area contributed by atoms with Crippen LogP contribution in [0, 0.1) is 0 Å². The number of rotatable bonds is 5. The van der Waals surface area contributed by atoms with Gasteiger partial charge in [0.25, 0.3) is 12.3 Å². The topological polar surface area (TPSA) is 64.7 Å². The van der Waals surface area contributed by atoms with Gasteiger partial charge < -0.3 is 15.5 Å². The first-order valence-corrected chi connectivity index (χ1v) is 9.04. The Hall–Kier alpha value is -3.00. The minimum absolute atomic E-state index is 0.142. The van der Waals surface area contributed by atoms with Gasteiger partial charge in [-0.3, -0.25) is 9.69 Å². The minimum Gasteiger partial charge on any atom is -0.336 e. The Morgan fingerprint density at radius 2 is 1.43 bits per heavy atom. The minimum atomic E-state index is -2.36. The third kappa shape index (κ3) is 5.50. The summed E-state index contributed by atoms with van der Waals surface area (Å²) in [5, 5.41) is 5.42. The van der Waals surface area contributed by atoms with Crippen LogP contribution in [0.1, 0.15) is 10.4 Å². The van der Waals surface area contributed by atoms with Crippen molar-refractivity contribution in [2.45, 2.75) is 6.43 Å². The SMILES string of the molecule is O=C(Nc1ccccc1)Nc1ccc(C(=O)N2CCN(CC(F)F)CC2)cc1. The summed E-state index contributed by atoms with van der Waals surface area (Å²) in [6.45, 7) is 1.47. The number of benzene rings is 2. The van der Waals surface area contributed by atoms with Crippen LogP contribution in [0.5, 0.6) is 0 Å². The number of carbonyl (C=O) groups is 2. The molecule has 8 heteroatoms. The molecule has 2 N–H and O–H groups in total. The maximum Gasteiger partial charge on any atom is 0.323 e. The molecule has 0 bridgehead atoms. The number of para-hydroxylation sites is 1. The summed E-state index contributed by atoms with van der Waals surface area (Å²) < 4.78 is 24.9. The van der Waals surface area contributed by atoms with Gasteiger partial charge in [-0.2, -0.15) is 0 Å². The Labute approximate surface area is 162 Å². The van der Waals surface area contributed by atoms with Crippen molar-refractivity contribution in [1.82, 2.24) is 9.80 Å². The monoisotopic (exact) mass is 388 g/mol. The summed E-state index contributed by atoms with van der Waals surface area (Å²) in [6.07, 6.45) is -2.36. The van der Waals surface area contributed by atoms with Crippen LogP contribution in [0.15, 0.2) is 54.6 Å². The van der Waals surface area contributed by atoms with E-state index in [9.17, 15) is 18.4 Å². The molecule has 3 rings (SSSR count). The van der Waals surface area contributed by atoms with E-state index in [1.807, 2.05) is 18.2 Å². The van der Waals surface area contributed by atoms with Crippen molar-refractivity contribution in [3.05, 3.63) is 60.2 Å². The summed E-state index contributed by atoms with van der Waals surface area (Å²) in [7, 11) is 0. The molecule has 0 unspecified atom stereocenters. The van der Waals surface area contributed by atoms with Crippen molar-refractivity contribution in [3.63, 3.8) is 0 Å². The highest BCUT2D eigenvalue weighted by Crippen LogP contribution is 2.14. The Kier molecular flexibility index (Phi) is 6.54. The van der Waals surface area contributed by atoms with Crippen molar-refractivity contribution in [1.29, 1.82) is 0 Å². The van der Waals surface area contributed by atoms with Gasteiger partial charge in [0, 0.05) is 43.1 Å². The van der Waals surface area contributed by atoms with Crippen LogP contribution in [-0.2, 0) is 0 Å². The molecule has 1 aliphatic heterocycles. The molecule has 1 fully saturated rings. The van der Waals surface area contributed by atoms with Crippen LogP contribution >= 0.6 is 0 Å². The number of nitrogens with zero attached hydrogens (tertiary/aromatic N) is 2. The van der Waals surface area contributed by atoms with Crippen LogP contribution in [-0.4, -0.2) is 60.9 Å². The highest BCUT2D eigenvalue weighted by Gasteiger charge is 2.23. The zero-order valence-electron chi connectivity index (χ0n) is 15.3. The Balaban J connectivity index is 1.51. The van der Waals surface area contributed by atoms with Gasteiger partial charge in [-0.1, -0.05) is 18.2 Å². The van der Waals surface area contributed by atoms with Crippen molar-refractivity contribution < 1.29 is 18.4 Å². The molecular weight excluding hydrogens is 366 g/mol. The van der Waals surface area contributed by atoms with E-state index in [1.165, 1.54) is 0 Å². The Morgan fingerprint density at radius 3 is 2.00 bits per heavy atom. The standard InChI is InChI=1S/C20H22F2N4O2/c21-18(22)14-25-10-12-26(13-11-25)19(27)15-6-8-17(9-7-15)24-20(28)23-16-4-2-1-3-5-16/h1-9,18H,10-14H2,(H2,23,24,28). The average molecular weight is 388 g/mol. The van der Waals surface area contributed by atoms with E-state index >= 15 is 0 Å². The quantitative estimate of drug-likeness (QED) is 0.826. The number of anilines is 2. The molecule has 0 saturated carbocycles. The van der Waals surface area contributed by atoms with E-state index in [4.69, 9.17) is 0 Å². The first-order valence-electron chi connectivity index (χ1n) is 9.04. The molecule has 148 valence electrons. The molecule has 28 heavy (non-hydrogen) atoms. The van der Waals surface area contributed by atoms with E-state index in [1.54, 1.807) is 46.2 Å². The molecule has 1 aliphatic rings. The van der Waals surface area contributed by atoms with E-state index in [0.717, 1.165) is 0 Å². The first-order chi connectivity index (χ1) is 13.5. The second-order valence-corrected chi connectivity index (χ2v) is 6.51. The molecule has 0 spiro atoms. The van der Waals surface area contributed by atoms with Crippen LogP contribution < -0.4 is 10.6 Å². The molecule has 0 aromatic heterocycles. The highest BCUT2D eigenvalue weighted by molar-refractivity contribution is 6.00. The third-order valence-electron chi connectivity index (χ3n) is 4.48. The van der Waals surface area contributed by atoms with Crippen molar-refractivity contribution in [2.75, 3.05) is 43.4 Å². The zero-order valence-corrected chi connectivity index (χ0v) is 15.3. The number of hydrogen-bond donors (Lipinski definition) is 2. The van der Waals surface area contributed by atoms with Gasteiger partial charge >= 0.3 is 6.03 Å². The van der Waals surface area contributed by atoms with Crippen LogP contribution in [0.2, 0.25) is 0 Å². The molecule has 1 heterocycles. The predicted molar refractivity (Wildman–Crippen MR) is 104 cm³/mol. The summed E-state index contributed by atoms with van der Waals surface area (Å²) >= 11 is 0. The summed E-state index contributed by atoms with van der Waals surface area (Å²) in [4.78, 5) is 27.9. The fraction of sp³-hybridized carbons (Fsp3) is 0.300. The molecular formula is C20H22F2N4O2. The summed E-state index contributed by atoms with van der Waals surface area (Å²) in [6, 6.07) is 15.3. The van der Waals surface area contributed by atoms with Crippen LogP contribution in [0.4, 0.5) is 25.0 Å². The van der Waals surface area contributed by atoms with Crippen LogP contribution in [0.3, 0.4) is 0 Å². The molecule has 2 aromatic rings. The lowest BCUT2D eigenvalue weighted by Gasteiger charge is -2.34. The number of hydrogen-bond acceptors (Lipinski definition) is 3. The second kappa shape index (κ2) is 9.27. The molecule has 0 radical (unpaired) electrons. The van der Waals surface area contributed by atoms with E-state index in [2.05, 4.69) is 10.6 Å². The summed E-state index contributed by atoms with van der Waals surface area (Å²) in [5.74, 6) is -0.142. The number of nitrogens with one attached hydrogen (secondary N) is 2. The lowest BCUT2D eigenvalue weighted by molar-refractivity contribution is 0.0459. The largest absolute Gasteiger partial charge is 0.336 e. The Bertz CT molecular complexity index is 792. The number of urea groups is 1. The van der Waals surface area contributed by atoms with Gasteiger partial charge in [-0.05, 0) is 36.4 Å². The van der Waals surface area contributed by atoms with Crippen molar-refractivity contribution >= 4 is 23.3 Å². The smallest absolute Gasteiger partial charge is 0.323 e. The van der Waals surface area contributed by atoms with Gasteiger partial charge in [0.2, 0.25) is 0 Å². The van der Waals surface area contributed by atoms with Gasteiger partial charge in [-0.15, -0.1) is 0 Å². The normalized spacial score (nSPS) is 14.8. The third-order valence-corrected chi connectivity index (χ3v) is 4.48.